The molecule has 1 saturated carbocycles. The first-order valence-corrected chi connectivity index (χ1v) is 9.69. The van der Waals surface area contributed by atoms with Gasteiger partial charge in [-0.2, -0.15) is 0 Å². The van der Waals surface area contributed by atoms with E-state index in [4.69, 9.17) is 4.74 Å². The van der Waals surface area contributed by atoms with Crippen LogP contribution in [0.5, 0.6) is 0 Å². The fourth-order valence-electron chi connectivity index (χ4n) is 4.13. The topological polar surface area (TPSA) is 50.7 Å². The lowest BCUT2D eigenvalue weighted by Crippen LogP contribution is -2.38. The van der Waals surface area contributed by atoms with Crippen molar-refractivity contribution in [3.63, 3.8) is 0 Å². The Kier molecular flexibility index (Phi) is 4.50. The number of para-hydroxylation sites is 1. The van der Waals surface area contributed by atoms with Crippen LogP contribution in [0.2, 0.25) is 0 Å². The molecule has 1 amide bonds. The molecule has 0 atom stereocenters. The normalized spacial score (nSPS) is 20.0. The molecule has 0 saturated heterocycles. The molecule has 1 aliphatic carbocycles. The molecule has 140 valence electrons. The number of anilines is 1. The molecule has 4 rings (SSSR count). The van der Waals surface area contributed by atoms with Crippen LogP contribution < -0.4 is 5.32 Å². The second kappa shape index (κ2) is 6.84. The first kappa shape index (κ1) is 17.8. The van der Waals surface area contributed by atoms with Gasteiger partial charge in [0.15, 0.2) is 0 Å². The molecule has 0 bridgehead atoms. The Labute approximate surface area is 160 Å². The number of aliphatic imine (C=N–C) groups is 1. The maximum Gasteiger partial charge on any atom is 0.235 e. The SMILES string of the molecule is CC1(C)COC(c2ccccc2NC(=O)C2(c3ccccc3)CCCC2)=N1. The summed E-state index contributed by atoms with van der Waals surface area (Å²) in [5.74, 6) is 0.674. The average Bonchev–Trinajstić information content (AvgIpc) is 3.30. The van der Waals surface area contributed by atoms with Crippen molar-refractivity contribution < 1.29 is 9.53 Å². The fourth-order valence-corrected chi connectivity index (χ4v) is 4.13. The first-order chi connectivity index (χ1) is 13.0. The predicted molar refractivity (Wildman–Crippen MR) is 108 cm³/mol. The van der Waals surface area contributed by atoms with Gasteiger partial charge < -0.3 is 10.1 Å². The van der Waals surface area contributed by atoms with E-state index >= 15 is 0 Å². The van der Waals surface area contributed by atoms with E-state index in [0.29, 0.717) is 12.5 Å². The molecule has 2 aromatic rings. The molecule has 4 heteroatoms. The quantitative estimate of drug-likeness (QED) is 0.858. The Morgan fingerprint density at radius 3 is 2.33 bits per heavy atom. The molecule has 27 heavy (non-hydrogen) atoms. The molecule has 0 aromatic heterocycles. The van der Waals surface area contributed by atoms with E-state index in [2.05, 4.69) is 22.4 Å². The number of nitrogens with one attached hydrogen (secondary N) is 1. The molecule has 2 aliphatic rings. The lowest BCUT2D eigenvalue weighted by atomic mass is 9.78. The van der Waals surface area contributed by atoms with Gasteiger partial charge in [-0.15, -0.1) is 0 Å². The number of ether oxygens (including phenoxy) is 1. The maximum atomic E-state index is 13.4. The van der Waals surface area contributed by atoms with Gasteiger partial charge in [0.05, 0.1) is 22.2 Å². The van der Waals surface area contributed by atoms with Gasteiger partial charge in [-0.05, 0) is 44.4 Å². The highest BCUT2D eigenvalue weighted by molar-refractivity contribution is 6.06. The van der Waals surface area contributed by atoms with E-state index < -0.39 is 5.41 Å². The van der Waals surface area contributed by atoms with Crippen molar-refractivity contribution in [2.24, 2.45) is 4.99 Å². The van der Waals surface area contributed by atoms with E-state index in [0.717, 1.165) is 42.5 Å². The lowest BCUT2D eigenvalue weighted by molar-refractivity contribution is -0.121. The Morgan fingerprint density at radius 1 is 1.00 bits per heavy atom. The smallest absolute Gasteiger partial charge is 0.235 e. The monoisotopic (exact) mass is 362 g/mol. The second-order valence-electron chi connectivity index (χ2n) is 8.17. The molecule has 0 spiro atoms. The first-order valence-electron chi connectivity index (χ1n) is 9.69. The largest absolute Gasteiger partial charge is 0.475 e. The van der Waals surface area contributed by atoms with Gasteiger partial charge in [0.1, 0.15) is 6.61 Å². The molecular formula is C23H26N2O2. The molecule has 1 heterocycles. The zero-order valence-electron chi connectivity index (χ0n) is 16.0. The van der Waals surface area contributed by atoms with Crippen LogP contribution in [-0.4, -0.2) is 24.0 Å². The Balaban J connectivity index is 1.66. The van der Waals surface area contributed by atoms with Gasteiger partial charge in [-0.1, -0.05) is 55.3 Å². The van der Waals surface area contributed by atoms with Crippen LogP contribution in [-0.2, 0) is 14.9 Å². The standard InChI is InChI=1S/C23H26N2O2/c1-22(2)16-27-20(25-22)18-12-6-7-13-19(18)24-21(26)23(14-8-9-15-23)17-10-4-3-5-11-17/h3-7,10-13H,8-9,14-16H2,1-2H3,(H,24,26). The van der Waals surface area contributed by atoms with Crippen molar-refractivity contribution in [1.29, 1.82) is 0 Å². The highest BCUT2D eigenvalue weighted by atomic mass is 16.5. The summed E-state index contributed by atoms with van der Waals surface area (Å²) in [6.07, 6.45) is 3.92. The number of benzene rings is 2. The number of carbonyl (C=O) groups excluding carboxylic acids is 1. The molecule has 0 unspecified atom stereocenters. The minimum Gasteiger partial charge on any atom is -0.475 e. The van der Waals surface area contributed by atoms with Crippen LogP contribution in [0.15, 0.2) is 59.6 Å². The van der Waals surface area contributed by atoms with Gasteiger partial charge in [-0.25, -0.2) is 4.99 Å². The summed E-state index contributed by atoms with van der Waals surface area (Å²) >= 11 is 0. The predicted octanol–water partition coefficient (Wildman–Crippen LogP) is 4.69. The minimum atomic E-state index is -0.452. The van der Waals surface area contributed by atoms with E-state index in [1.807, 2.05) is 56.3 Å². The van der Waals surface area contributed by atoms with Crippen LogP contribution in [0.1, 0.15) is 50.7 Å². The van der Waals surface area contributed by atoms with Crippen molar-refractivity contribution in [3.8, 4) is 0 Å². The third-order valence-corrected chi connectivity index (χ3v) is 5.59. The number of hydrogen-bond acceptors (Lipinski definition) is 3. The number of hydrogen-bond donors (Lipinski definition) is 1. The van der Waals surface area contributed by atoms with Gasteiger partial charge in [-0.3, -0.25) is 4.79 Å². The van der Waals surface area contributed by atoms with Gasteiger partial charge in [0.25, 0.3) is 0 Å². The molecule has 2 aromatic carbocycles. The lowest BCUT2D eigenvalue weighted by Gasteiger charge is -2.28. The van der Waals surface area contributed by atoms with Crippen LogP contribution >= 0.6 is 0 Å². The summed E-state index contributed by atoms with van der Waals surface area (Å²) in [7, 11) is 0. The zero-order valence-corrected chi connectivity index (χ0v) is 16.0. The van der Waals surface area contributed by atoms with Crippen LogP contribution in [0.3, 0.4) is 0 Å². The highest BCUT2D eigenvalue weighted by Crippen LogP contribution is 2.42. The summed E-state index contributed by atoms with van der Waals surface area (Å²) in [6, 6.07) is 17.9. The zero-order chi connectivity index (χ0) is 18.9. The van der Waals surface area contributed by atoms with Crippen LogP contribution in [0.4, 0.5) is 5.69 Å². The summed E-state index contributed by atoms with van der Waals surface area (Å²) in [6.45, 7) is 4.65. The Morgan fingerprint density at radius 2 is 1.67 bits per heavy atom. The van der Waals surface area contributed by atoms with Gasteiger partial charge in [0.2, 0.25) is 11.8 Å². The summed E-state index contributed by atoms with van der Waals surface area (Å²) in [4.78, 5) is 18.1. The summed E-state index contributed by atoms with van der Waals surface area (Å²) in [5.41, 5.74) is 2.03. The number of amides is 1. The maximum absolute atomic E-state index is 13.4. The average molecular weight is 362 g/mol. The van der Waals surface area contributed by atoms with Crippen molar-refractivity contribution >= 4 is 17.5 Å². The fraction of sp³-hybridized carbons (Fsp3) is 0.391. The molecular weight excluding hydrogens is 336 g/mol. The van der Waals surface area contributed by atoms with Gasteiger partial charge in [0, 0.05) is 0 Å². The van der Waals surface area contributed by atoms with Crippen LogP contribution in [0, 0.1) is 0 Å². The Hall–Kier alpha value is -2.62. The van der Waals surface area contributed by atoms with Crippen molar-refractivity contribution in [1.82, 2.24) is 0 Å². The molecule has 1 fully saturated rings. The number of nitrogens with zero attached hydrogens (tertiary/aromatic N) is 1. The molecule has 1 N–H and O–H groups in total. The van der Waals surface area contributed by atoms with Crippen molar-refractivity contribution in [2.45, 2.75) is 50.5 Å². The summed E-state index contributed by atoms with van der Waals surface area (Å²) < 4.78 is 5.81. The Bertz CT molecular complexity index is 865. The van der Waals surface area contributed by atoms with Crippen LogP contribution in [0.25, 0.3) is 0 Å². The third kappa shape index (κ3) is 3.36. The molecule has 0 radical (unpaired) electrons. The van der Waals surface area contributed by atoms with E-state index in [1.165, 1.54) is 0 Å². The van der Waals surface area contributed by atoms with Crippen molar-refractivity contribution in [3.05, 3.63) is 65.7 Å². The van der Waals surface area contributed by atoms with Gasteiger partial charge >= 0.3 is 0 Å². The summed E-state index contributed by atoms with van der Waals surface area (Å²) in [5, 5.41) is 3.20. The number of carbonyl (C=O) groups is 1. The minimum absolute atomic E-state index is 0.0662. The van der Waals surface area contributed by atoms with E-state index in [-0.39, 0.29) is 11.4 Å². The highest BCUT2D eigenvalue weighted by Gasteiger charge is 2.43. The molecule has 1 aliphatic heterocycles. The second-order valence-corrected chi connectivity index (χ2v) is 8.17. The third-order valence-electron chi connectivity index (χ3n) is 5.59. The van der Waals surface area contributed by atoms with E-state index in [1.54, 1.807) is 0 Å². The van der Waals surface area contributed by atoms with E-state index in [9.17, 15) is 4.79 Å². The van der Waals surface area contributed by atoms with Crippen molar-refractivity contribution in [2.75, 3.05) is 11.9 Å². The number of rotatable bonds is 4. The molecule has 4 nitrogen and oxygen atoms in total.